The summed E-state index contributed by atoms with van der Waals surface area (Å²) >= 11 is 0. The molecule has 0 aromatic carbocycles. The molecule has 1 atom stereocenters. The molecule has 3 aliphatic rings. The van der Waals surface area contributed by atoms with Crippen molar-refractivity contribution in [3.8, 4) is 0 Å². The lowest BCUT2D eigenvalue weighted by molar-refractivity contribution is -0.0157. The van der Waals surface area contributed by atoms with E-state index in [1.54, 1.807) is 0 Å². The topological polar surface area (TPSA) is 15.3 Å². The molecule has 0 amide bonds. The van der Waals surface area contributed by atoms with Gasteiger partial charge in [0.2, 0.25) is 0 Å². The Hall–Kier alpha value is -0.0800. The van der Waals surface area contributed by atoms with Crippen molar-refractivity contribution in [2.75, 3.05) is 19.6 Å². The van der Waals surface area contributed by atoms with Gasteiger partial charge in [-0.2, -0.15) is 0 Å². The Kier molecular flexibility index (Phi) is 3.45. The Morgan fingerprint density at radius 3 is 2.65 bits per heavy atom. The lowest BCUT2D eigenvalue weighted by atomic mass is 9.77. The van der Waals surface area contributed by atoms with E-state index in [4.69, 9.17) is 0 Å². The van der Waals surface area contributed by atoms with Crippen molar-refractivity contribution in [2.45, 2.75) is 69.9 Å². The summed E-state index contributed by atoms with van der Waals surface area (Å²) in [6, 6.07) is 0.898. The fourth-order valence-corrected chi connectivity index (χ4v) is 4.34. The SMILES string of the molecule is CCC(C1CC1)N1CCNCC12CCCCC2. The van der Waals surface area contributed by atoms with Crippen LogP contribution in [0.25, 0.3) is 0 Å². The highest BCUT2D eigenvalue weighted by Crippen LogP contribution is 2.43. The number of hydrogen-bond acceptors (Lipinski definition) is 2. The van der Waals surface area contributed by atoms with Gasteiger partial charge in [-0.3, -0.25) is 4.90 Å². The van der Waals surface area contributed by atoms with Gasteiger partial charge in [0.05, 0.1) is 0 Å². The zero-order valence-corrected chi connectivity index (χ0v) is 11.4. The number of rotatable bonds is 3. The summed E-state index contributed by atoms with van der Waals surface area (Å²) in [5, 5.41) is 3.67. The van der Waals surface area contributed by atoms with Crippen molar-refractivity contribution in [2.24, 2.45) is 5.92 Å². The van der Waals surface area contributed by atoms with Gasteiger partial charge < -0.3 is 5.32 Å². The molecule has 3 fully saturated rings. The number of piperazine rings is 1. The second-order valence-corrected chi connectivity index (χ2v) is 6.47. The predicted octanol–water partition coefficient (Wildman–Crippen LogP) is 2.78. The van der Waals surface area contributed by atoms with Crippen LogP contribution in [0.2, 0.25) is 0 Å². The van der Waals surface area contributed by atoms with E-state index in [0.717, 1.165) is 12.0 Å². The predicted molar refractivity (Wildman–Crippen MR) is 72.2 cm³/mol. The molecule has 0 bridgehead atoms. The summed E-state index contributed by atoms with van der Waals surface area (Å²) in [5.74, 6) is 1.04. The van der Waals surface area contributed by atoms with Gasteiger partial charge in [-0.05, 0) is 38.0 Å². The van der Waals surface area contributed by atoms with Gasteiger partial charge in [-0.15, -0.1) is 0 Å². The second-order valence-electron chi connectivity index (χ2n) is 6.47. The molecule has 1 saturated heterocycles. The lowest BCUT2D eigenvalue weighted by Gasteiger charge is -2.53. The van der Waals surface area contributed by atoms with E-state index in [1.165, 1.54) is 71.0 Å². The molecule has 0 aromatic rings. The maximum absolute atomic E-state index is 3.67. The van der Waals surface area contributed by atoms with E-state index in [9.17, 15) is 0 Å². The summed E-state index contributed by atoms with van der Waals surface area (Å²) in [7, 11) is 0. The van der Waals surface area contributed by atoms with Crippen molar-refractivity contribution in [1.82, 2.24) is 10.2 Å². The monoisotopic (exact) mass is 236 g/mol. The molecule has 2 aliphatic carbocycles. The van der Waals surface area contributed by atoms with Crippen LogP contribution in [0.4, 0.5) is 0 Å². The highest BCUT2D eigenvalue weighted by molar-refractivity contribution is 5.02. The van der Waals surface area contributed by atoms with Gasteiger partial charge in [0.25, 0.3) is 0 Å². The van der Waals surface area contributed by atoms with Crippen molar-refractivity contribution >= 4 is 0 Å². The van der Waals surface area contributed by atoms with E-state index in [2.05, 4.69) is 17.1 Å². The maximum Gasteiger partial charge on any atom is 0.0337 e. The van der Waals surface area contributed by atoms with E-state index in [-0.39, 0.29) is 0 Å². The molecule has 1 spiro atoms. The molecule has 17 heavy (non-hydrogen) atoms. The van der Waals surface area contributed by atoms with Crippen molar-refractivity contribution in [1.29, 1.82) is 0 Å². The Balaban J connectivity index is 1.77. The molecular formula is C15H28N2. The Morgan fingerprint density at radius 2 is 2.00 bits per heavy atom. The van der Waals surface area contributed by atoms with Gasteiger partial charge in [-0.1, -0.05) is 26.2 Å². The first-order chi connectivity index (χ1) is 8.36. The molecule has 0 radical (unpaired) electrons. The van der Waals surface area contributed by atoms with Gasteiger partial charge in [0.1, 0.15) is 0 Å². The van der Waals surface area contributed by atoms with Crippen molar-refractivity contribution < 1.29 is 0 Å². The maximum atomic E-state index is 3.67. The highest BCUT2D eigenvalue weighted by Gasteiger charge is 2.46. The minimum atomic E-state index is 0.541. The number of nitrogens with one attached hydrogen (secondary N) is 1. The number of nitrogens with zero attached hydrogens (tertiary/aromatic N) is 1. The molecule has 2 nitrogen and oxygen atoms in total. The van der Waals surface area contributed by atoms with Crippen LogP contribution in [-0.4, -0.2) is 36.1 Å². The quantitative estimate of drug-likeness (QED) is 0.810. The minimum Gasteiger partial charge on any atom is -0.314 e. The zero-order valence-electron chi connectivity index (χ0n) is 11.4. The van der Waals surface area contributed by atoms with Gasteiger partial charge in [0, 0.05) is 31.2 Å². The third kappa shape index (κ3) is 2.26. The van der Waals surface area contributed by atoms with Crippen LogP contribution >= 0.6 is 0 Å². The normalized spacial score (nSPS) is 31.6. The molecule has 0 aromatic heterocycles. The molecular weight excluding hydrogens is 208 g/mol. The largest absolute Gasteiger partial charge is 0.314 e. The molecule has 1 N–H and O–H groups in total. The van der Waals surface area contributed by atoms with Crippen LogP contribution in [0.15, 0.2) is 0 Å². The average molecular weight is 236 g/mol. The smallest absolute Gasteiger partial charge is 0.0337 e. The zero-order chi connectivity index (χ0) is 11.7. The Morgan fingerprint density at radius 1 is 1.24 bits per heavy atom. The fraction of sp³-hybridized carbons (Fsp3) is 1.00. The van der Waals surface area contributed by atoms with E-state index in [0.29, 0.717) is 5.54 Å². The minimum absolute atomic E-state index is 0.541. The van der Waals surface area contributed by atoms with Gasteiger partial charge >= 0.3 is 0 Å². The van der Waals surface area contributed by atoms with Crippen LogP contribution in [0.1, 0.15) is 58.3 Å². The van der Waals surface area contributed by atoms with Crippen molar-refractivity contribution in [3.05, 3.63) is 0 Å². The first kappa shape index (κ1) is 12.0. The average Bonchev–Trinajstić information content (AvgIpc) is 3.18. The second kappa shape index (κ2) is 4.89. The summed E-state index contributed by atoms with van der Waals surface area (Å²) in [4.78, 5) is 2.94. The lowest BCUT2D eigenvalue weighted by Crippen LogP contribution is -2.65. The summed E-state index contributed by atoms with van der Waals surface area (Å²) < 4.78 is 0. The van der Waals surface area contributed by atoms with Gasteiger partial charge in [0.15, 0.2) is 0 Å². The van der Waals surface area contributed by atoms with Crippen LogP contribution < -0.4 is 5.32 Å². The van der Waals surface area contributed by atoms with Gasteiger partial charge in [-0.25, -0.2) is 0 Å². The fourth-order valence-electron chi connectivity index (χ4n) is 4.34. The highest BCUT2D eigenvalue weighted by atomic mass is 15.3. The molecule has 1 heterocycles. The van der Waals surface area contributed by atoms with Crippen LogP contribution in [0.5, 0.6) is 0 Å². The molecule has 98 valence electrons. The summed E-state index contributed by atoms with van der Waals surface area (Å²) in [6.45, 7) is 6.18. The van der Waals surface area contributed by atoms with Crippen LogP contribution in [0, 0.1) is 5.92 Å². The molecule has 1 unspecified atom stereocenters. The molecule has 3 rings (SSSR count). The Labute approximate surface area is 106 Å². The van der Waals surface area contributed by atoms with Crippen LogP contribution in [0.3, 0.4) is 0 Å². The van der Waals surface area contributed by atoms with E-state index < -0.39 is 0 Å². The first-order valence-electron chi connectivity index (χ1n) is 7.83. The summed E-state index contributed by atoms with van der Waals surface area (Å²) in [6.07, 6.45) is 11.6. The number of hydrogen-bond donors (Lipinski definition) is 1. The van der Waals surface area contributed by atoms with Crippen LogP contribution in [-0.2, 0) is 0 Å². The molecule has 2 saturated carbocycles. The van der Waals surface area contributed by atoms with Crippen molar-refractivity contribution in [3.63, 3.8) is 0 Å². The third-order valence-electron chi connectivity index (χ3n) is 5.36. The summed E-state index contributed by atoms with van der Waals surface area (Å²) in [5.41, 5.74) is 0.541. The van der Waals surface area contributed by atoms with E-state index >= 15 is 0 Å². The van der Waals surface area contributed by atoms with E-state index in [1.807, 2.05) is 0 Å². The first-order valence-corrected chi connectivity index (χ1v) is 7.83. The molecule has 1 aliphatic heterocycles. The standard InChI is InChI=1S/C15H28N2/c1-2-14(13-6-7-13)17-11-10-16-12-15(17)8-4-3-5-9-15/h13-14,16H,2-12H2,1H3. The Bertz CT molecular complexity index is 245. The third-order valence-corrected chi connectivity index (χ3v) is 5.36. The molecule has 2 heteroatoms.